The lowest BCUT2D eigenvalue weighted by Crippen LogP contribution is -1.97. The summed E-state index contributed by atoms with van der Waals surface area (Å²) in [7, 11) is 0. The SMILES string of the molecule is ClCc1ccc(C(I)(I)I)cc1Cl. The highest BCUT2D eigenvalue weighted by atomic mass is 127. The third-order valence-corrected chi connectivity index (χ3v) is 4.03. The lowest BCUT2D eigenvalue weighted by molar-refractivity contribution is 1.34. The molecule has 0 saturated heterocycles. The van der Waals surface area contributed by atoms with Crippen LogP contribution in [0.4, 0.5) is 0 Å². The fourth-order valence-electron chi connectivity index (χ4n) is 0.832. The number of halogens is 5. The van der Waals surface area contributed by atoms with Crippen molar-refractivity contribution in [1.29, 1.82) is 0 Å². The topological polar surface area (TPSA) is 0 Å². The maximum atomic E-state index is 6.04. The molecule has 0 aliphatic rings. The molecule has 1 rings (SSSR count). The summed E-state index contributed by atoms with van der Waals surface area (Å²) in [6.07, 6.45) is 0. The zero-order valence-electron chi connectivity index (χ0n) is 6.33. The van der Waals surface area contributed by atoms with E-state index in [0.29, 0.717) is 5.88 Å². The molecule has 5 heteroatoms. The number of hydrogen-bond acceptors (Lipinski definition) is 0. The van der Waals surface area contributed by atoms with Crippen molar-refractivity contribution in [2.75, 3.05) is 0 Å². The largest absolute Gasteiger partial charge is 0.149 e. The van der Waals surface area contributed by atoms with Crippen LogP contribution < -0.4 is 0 Å². The monoisotopic (exact) mass is 552 g/mol. The Morgan fingerprint density at radius 3 is 2.23 bits per heavy atom. The van der Waals surface area contributed by atoms with Crippen LogP contribution in [0.1, 0.15) is 11.1 Å². The first-order valence-electron chi connectivity index (χ1n) is 3.36. The second-order valence-electron chi connectivity index (χ2n) is 2.44. The molecule has 0 spiro atoms. The van der Waals surface area contributed by atoms with Crippen molar-refractivity contribution in [3.8, 4) is 0 Å². The van der Waals surface area contributed by atoms with Crippen LogP contribution in [0.5, 0.6) is 0 Å². The Balaban J connectivity index is 3.10. The van der Waals surface area contributed by atoms with E-state index in [1.54, 1.807) is 0 Å². The lowest BCUT2D eigenvalue weighted by atomic mass is 10.2. The third-order valence-electron chi connectivity index (χ3n) is 1.52. The number of alkyl halides is 4. The van der Waals surface area contributed by atoms with Crippen molar-refractivity contribution in [1.82, 2.24) is 0 Å². The van der Waals surface area contributed by atoms with Gasteiger partial charge in [-0.15, -0.1) is 11.6 Å². The number of benzene rings is 1. The summed E-state index contributed by atoms with van der Waals surface area (Å²) < 4.78 is 0.0573. The second kappa shape index (κ2) is 5.36. The van der Waals surface area contributed by atoms with Gasteiger partial charge in [0.2, 0.25) is 0 Å². The minimum atomic E-state index is 0.0573. The van der Waals surface area contributed by atoms with Crippen LogP contribution in [-0.2, 0) is 5.32 Å². The van der Waals surface area contributed by atoms with E-state index >= 15 is 0 Å². The zero-order valence-corrected chi connectivity index (χ0v) is 14.3. The van der Waals surface area contributed by atoms with Crippen molar-refractivity contribution >= 4 is 91.0 Å². The molecule has 0 heterocycles. The maximum absolute atomic E-state index is 6.04. The van der Waals surface area contributed by atoms with Gasteiger partial charge in [0, 0.05) is 10.9 Å². The molecule has 0 N–H and O–H groups in total. The molecule has 0 aliphatic heterocycles. The van der Waals surface area contributed by atoms with Gasteiger partial charge >= 0.3 is 0 Å². The first kappa shape index (κ1) is 13.1. The van der Waals surface area contributed by atoms with Crippen molar-refractivity contribution in [3.63, 3.8) is 0 Å². The average Bonchev–Trinajstić information content (AvgIpc) is 2.02. The van der Waals surface area contributed by atoms with Crippen LogP contribution in [0, 0.1) is 0 Å². The molecule has 0 fully saturated rings. The predicted molar refractivity (Wildman–Crippen MR) is 84.7 cm³/mol. The normalized spacial score (nSPS) is 11.8. The van der Waals surface area contributed by atoms with Gasteiger partial charge in [-0.2, -0.15) is 0 Å². The Morgan fingerprint density at radius 2 is 1.85 bits per heavy atom. The van der Waals surface area contributed by atoms with Gasteiger partial charge in [-0.3, -0.25) is 0 Å². The van der Waals surface area contributed by atoms with Gasteiger partial charge in [0.25, 0.3) is 0 Å². The first-order valence-corrected chi connectivity index (χ1v) is 7.51. The van der Waals surface area contributed by atoms with E-state index < -0.39 is 0 Å². The predicted octanol–water partition coefficient (Wildman–Crippen LogP) is 5.49. The van der Waals surface area contributed by atoms with Crippen molar-refractivity contribution in [2.45, 2.75) is 5.32 Å². The standard InChI is InChI=1S/C8H5Cl2I3/c9-4-5-1-2-6(3-7(5)10)8(11,12)13/h1-3H,4H2. The summed E-state index contributed by atoms with van der Waals surface area (Å²) in [6, 6.07) is 6.02. The van der Waals surface area contributed by atoms with Crippen molar-refractivity contribution < 1.29 is 0 Å². The molecule has 0 radical (unpaired) electrons. The summed E-state index contributed by atoms with van der Waals surface area (Å²) in [4.78, 5) is 0. The minimum Gasteiger partial charge on any atom is -0.121 e. The molecule has 1 aromatic rings. The Kier molecular flexibility index (Phi) is 5.38. The van der Waals surface area contributed by atoms with E-state index in [9.17, 15) is 0 Å². The molecule has 0 atom stereocenters. The second-order valence-corrected chi connectivity index (χ2v) is 14.2. The molecule has 0 aromatic heterocycles. The third kappa shape index (κ3) is 3.81. The van der Waals surface area contributed by atoms with Gasteiger partial charge in [-0.05, 0) is 85.0 Å². The summed E-state index contributed by atoms with van der Waals surface area (Å²) in [5, 5.41) is 0.752. The highest BCUT2D eigenvalue weighted by molar-refractivity contribution is 14.3. The fraction of sp³-hybridized carbons (Fsp3) is 0.250. The van der Waals surface area contributed by atoms with E-state index in [4.69, 9.17) is 23.2 Å². The summed E-state index contributed by atoms with van der Waals surface area (Å²) in [5.41, 5.74) is 2.19. The van der Waals surface area contributed by atoms with E-state index in [2.05, 4.69) is 73.8 Å². The highest BCUT2D eigenvalue weighted by Crippen LogP contribution is 2.46. The van der Waals surface area contributed by atoms with Crippen LogP contribution in [0.2, 0.25) is 5.02 Å². The molecule has 0 bridgehead atoms. The van der Waals surface area contributed by atoms with Gasteiger partial charge in [0.15, 0.2) is 0 Å². The van der Waals surface area contributed by atoms with Crippen molar-refractivity contribution in [2.24, 2.45) is 0 Å². The first-order chi connectivity index (χ1) is 5.95. The van der Waals surface area contributed by atoms with Crippen LogP contribution in [0.3, 0.4) is 0 Å². The Bertz CT molecular complexity index is 307. The molecule has 72 valence electrons. The minimum absolute atomic E-state index is 0.0573. The van der Waals surface area contributed by atoms with Gasteiger partial charge < -0.3 is 0 Å². The quantitative estimate of drug-likeness (QED) is 0.336. The molecule has 0 amide bonds. The molecular formula is C8H5Cl2I3. The molecular weight excluding hydrogens is 548 g/mol. The summed E-state index contributed by atoms with van der Waals surface area (Å²) in [5.74, 6) is 0.468. The molecule has 13 heavy (non-hydrogen) atoms. The van der Waals surface area contributed by atoms with Gasteiger partial charge in [-0.1, -0.05) is 23.7 Å². The van der Waals surface area contributed by atoms with Crippen LogP contribution in [0.15, 0.2) is 18.2 Å². The zero-order chi connectivity index (χ0) is 10.1. The Hall–Kier alpha value is 1.99. The summed E-state index contributed by atoms with van der Waals surface area (Å²) >= 11 is 18.8. The van der Waals surface area contributed by atoms with Crippen molar-refractivity contribution in [3.05, 3.63) is 34.3 Å². The van der Waals surface area contributed by atoms with E-state index in [1.165, 1.54) is 5.56 Å². The van der Waals surface area contributed by atoms with Gasteiger partial charge in [0.1, 0.15) is -0.565 Å². The number of hydrogen-bond donors (Lipinski definition) is 0. The van der Waals surface area contributed by atoms with Crippen LogP contribution >= 0.6 is 91.0 Å². The van der Waals surface area contributed by atoms with Crippen LogP contribution in [-0.4, -0.2) is 0 Å². The molecule has 0 unspecified atom stereocenters. The number of rotatable bonds is 2. The van der Waals surface area contributed by atoms with E-state index in [1.807, 2.05) is 12.1 Å². The highest BCUT2D eigenvalue weighted by Gasteiger charge is 2.20. The molecule has 0 aliphatic carbocycles. The lowest BCUT2D eigenvalue weighted by Gasteiger charge is -2.13. The Labute approximate surface area is 129 Å². The average molecular weight is 553 g/mol. The van der Waals surface area contributed by atoms with E-state index in [-0.39, 0.29) is -0.565 Å². The van der Waals surface area contributed by atoms with Crippen LogP contribution in [0.25, 0.3) is 0 Å². The molecule has 0 saturated carbocycles. The summed E-state index contributed by atoms with van der Waals surface area (Å²) in [6.45, 7) is 0. The van der Waals surface area contributed by atoms with Gasteiger partial charge in [0.05, 0.1) is 0 Å². The maximum Gasteiger partial charge on any atom is 0.149 e. The smallest absolute Gasteiger partial charge is 0.121 e. The van der Waals surface area contributed by atoms with Gasteiger partial charge in [-0.25, -0.2) is 0 Å². The molecule has 0 nitrogen and oxygen atoms in total. The fourth-order valence-corrected chi connectivity index (χ4v) is 2.39. The molecule has 1 aromatic carbocycles. The van der Waals surface area contributed by atoms with E-state index in [0.717, 1.165) is 10.6 Å². The Morgan fingerprint density at radius 1 is 1.23 bits per heavy atom.